The number of aromatic nitrogens is 3. The molecule has 0 spiro atoms. The molecule has 4 rings (SSSR count). The average molecular weight is 464 g/mol. The Kier molecular flexibility index (Phi) is 5.19. The fourth-order valence-corrected chi connectivity index (χ4v) is 4.55. The number of hydrogen-bond donors (Lipinski definition) is 3. The first-order chi connectivity index (χ1) is 14.2. The Morgan fingerprint density at radius 1 is 1.10 bits per heavy atom. The zero-order valence-corrected chi connectivity index (χ0v) is 17.8. The molecule has 0 saturated heterocycles. The van der Waals surface area contributed by atoms with Gasteiger partial charge < -0.3 is 9.88 Å². The van der Waals surface area contributed by atoms with Crippen LogP contribution in [0.3, 0.4) is 0 Å². The minimum absolute atomic E-state index is 0.0427. The van der Waals surface area contributed by atoms with E-state index in [4.69, 9.17) is 23.2 Å². The Bertz CT molecular complexity index is 1350. The molecule has 0 unspecified atom stereocenters. The molecule has 0 aliphatic carbocycles. The number of nitrogens with zero attached hydrogens (tertiary/aromatic N) is 2. The number of benzene rings is 2. The van der Waals surface area contributed by atoms with Crippen LogP contribution >= 0.6 is 23.2 Å². The number of carbonyl (C=O) groups excluding carboxylic acids is 1. The summed E-state index contributed by atoms with van der Waals surface area (Å²) in [7, 11) is -2.04. The van der Waals surface area contributed by atoms with Gasteiger partial charge in [-0.05, 0) is 42.5 Å². The molecule has 0 aliphatic heterocycles. The Labute approximate surface area is 181 Å². The molecule has 11 heteroatoms. The topological polar surface area (TPSA) is 109 Å². The molecule has 0 saturated carbocycles. The van der Waals surface area contributed by atoms with Gasteiger partial charge in [0.2, 0.25) is 0 Å². The Morgan fingerprint density at radius 3 is 2.50 bits per heavy atom. The van der Waals surface area contributed by atoms with E-state index in [9.17, 15) is 13.2 Å². The van der Waals surface area contributed by atoms with Gasteiger partial charge >= 0.3 is 0 Å². The zero-order valence-electron chi connectivity index (χ0n) is 15.5. The molecule has 4 aromatic rings. The van der Waals surface area contributed by atoms with E-state index in [0.717, 1.165) is 5.52 Å². The number of carbonyl (C=O) groups is 1. The lowest BCUT2D eigenvalue weighted by Crippen LogP contribution is -2.16. The largest absolute Gasteiger partial charge is 0.340 e. The van der Waals surface area contributed by atoms with Crippen LogP contribution in [0.4, 0.5) is 11.5 Å². The number of halogens is 2. The third kappa shape index (κ3) is 3.87. The summed E-state index contributed by atoms with van der Waals surface area (Å²) in [5, 5.41) is 10.6. The third-order valence-electron chi connectivity index (χ3n) is 4.48. The summed E-state index contributed by atoms with van der Waals surface area (Å²) in [5.41, 5.74) is 1.55. The second-order valence-corrected chi connectivity index (χ2v) is 8.99. The van der Waals surface area contributed by atoms with E-state index in [2.05, 4.69) is 20.2 Å². The number of H-pyrrole nitrogens is 1. The highest BCUT2D eigenvalue weighted by Crippen LogP contribution is 2.30. The standard InChI is InChI=1S/C19H15Cl2N5O3S/c1-26-16-9-11(20)8-15(21)14(16)10-17(26)19(27)23-12-2-4-13(5-3-12)30(28,29)25-18-6-7-22-24-18/h2-10H,1H3,(H,23,27)(H2,22,24,25). The van der Waals surface area contributed by atoms with Crippen LogP contribution in [0.25, 0.3) is 10.9 Å². The maximum Gasteiger partial charge on any atom is 0.272 e. The smallest absolute Gasteiger partial charge is 0.272 e. The Hall–Kier alpha value is -3.01. The lowest BCUT2D eigenvalue weighted by molar-refractivity contribution is 0.101. The number of rotatable bonds is 5. The number of hydrogen-bond acceptors (Lipinski definition) is 4. The molecule has 0 atom stereocenters. The summed E-state index contributed by atoms with van der Waals surface area (Å²) in [4.78, 5) is 12.8. The monoisotopic (exact) mass is 463 g/mol. The van der Waals surface area contributed by atoms with Crippen LogP contribution in [0.15, 0.2) is 59.6 Å². The lowest BCUT2D eigenvalue weighted by Gasteiger charge is -2.09. The lowest BCUT2D eigenvalue weighted by atomic mass is 10.2. The van der Waals surface area contributed by atoms with Gasteiger partial charge in [0.25, 0.3) is 15.9 Å². The summed E-state index contributed by atoms with van der Waals surface area (Å²) in [6.45, 7) is 0. The number of aromatic amines is 1. The van der Waals surface area contributed by atoms with E-state index in [1.54, 1.807) is 29.8 Å². The molecule has 2 aromatic heterocycles. The van der Waals surface area contributed by atoms with Crippen molar-refractivity contribution < 1.29 is 13.2 Å². The van der Waals surface area contributed by atoms with E-state index >= 15 is 0 Å². The molecule has 30 heavy (non-hydrogen) atoms. The number of anilines is 2. The maximum atomic E-state index is 12.7. The van der Waals surface area contributed by atoms with Crippen molar-refractivity contribution in [2.75, 3.05) is 10.0 Å². The van der Waals surface area contributed by atoms with Crippen LogP contribution in [0, 0.1) is 0 Å². The number of aryl methyl sites for hydroxylation is 1. The molecule has 2 aromatic carbocycles. The van der Waals surface area contributed by atoms with Gasteiger partial charge in [-0.2, -0.15) is 5.10 Å². The van der Waals surface area contributed by atoms with Gasteiger partial charge in [-0.15, -0.1) is 0 Å². The van der Waals surface area contributed by atoms with Crippen molar-refractivity contribution >= 4 is 61.5 Å². The molecule has 0 bridgehead atoms. The van der Waals surface area contributed by atoms with Gasteiger partial charge in [-0.25, -0.2) is 8.42 Å². The second-order valence-electron chi connectivity index (χ2n) is 6.46. The predicted molar refractivity (Wildman–Crippen MR) is 117 cm³/mol. The Morgan fingerprint density at radius 2 is 1.83 bits per heavy atom. The molecule has 0 radical (unpaired) electrons. The maximum absolute atomic E-state index is 12.7. The van der Waals surface area contributed by atoms with Gasteiger partial charge in [0, 0.05) is 29.2 Å². The van der Waals surface area contributed by atoms with Crippen LogP contribution in [-0.2, 0) is 17.1 Å². The molecule has 0 fully saturated rings. The second kappa shape index (κ2) is 7.67. The highest BCUT2D eigenvalue weighted by Gasteiger charge is 2.18. The number of nitrogens with one attached hydrogen (secondary N) is 3. The molecule has 154 valence electrons. The molecular weight excluding hydrogens is 449 g/mol. The first-order valence-electron chi connectivity index (χ1n) is 8.63. The van der Waals surface area contributed by atoms with Gasteiger partial charge in [0.1, 0.15) is 11.5 Å². The van der Waals surface area contributed by atoms with Gasteiger partial charge in [0.05, 0.1) is 21.6 Å². The van der Waals surface area contributed by atoms with Gasteiger partial charge in [-0.1, -0.05) is 23.2 Å². The molecule has 1 amide bonds. The normalized spacial score (nSPS) is 11.6. The van der Waals surface area contributed by atoms with Crippen LogP contribution in [0.1, 0.15) is 10.5 Å². The van der Waals surface area contributed by atoms with Crippen LogP contribution in [0.5, 0.6) is 0 Å². The van der Waals surface area contributed by atoms with Gasteiger partial charge in [-0.3, -0.25) is 14.6 Å². The van der Waals surface area contributed by atoms with Crippen LogP contribution in [-0.4, -0.2) is 29.1 Å². The quantitative estimate of drug-likeness (QED) is 0.410. The van der Waals surface area contributed by atoms with E-state index < -0.39 is 10.0 Å². The third-order valence-corrected chi connectivity index (χ3v) is 6.39. The summed E-state index contributed by atoms with van der Waals surface area (Å²) in [6.07, 6.45) is 1.44. The fraction of sp³-hybridized carbons (Fsp3) is 0.0526. The van der Waals surface area contributed by atoms with E-state index in [0.29, 0.717) is 26.8 Å². The van der Waals surface area contributed by atoms with Crippen LogP contribution < -0.4 is 10.0 Å². The van der Waals surface area contributed by atoms with Gasteiger partial charge in [0.15, 0.2) is 0 Å². The van der Waals surface area contributed by atoms with Crippen molar-refractivity contribution in [1.29, 1.82) is 0 Å². The van der Waals surface area contributed by atoms with Crippen LogP contribution in [0.2, 0.25) is 10.0 Å². The van der Waals surface area contributed by atoms with E-state index in [-0.39, 0.29) is 16.6 Å². The predicted octanol–water partition coefficient (Wildman–Crippen LogP) is 4.26. The number of sulfonamides is 1. The first-order valence-corrected chi connectivity index (χ1v) is 10.9. The van der Waals surface area contributed by atoms with Crippen molar-refractivity contribution in [2.45, 2.75) is 4.90 Å². The van der Waals surface area contributed by atoms with Crippen molar-refractivity contribution in [2.24, 2.45) is 7.05 Å². The van der Waals surface area contributed by atoms with E-state index in [1.165, 1.54) is 36.5 Å². The molecule has 3 N–H and O–H groups in total. The minimum atomic E-state index is -3.78. The number of amides is 1. The summed E-state index contributed by atoms with van der Waals surface area (Å²) in [5.74, 6) is -0.117. The summed E-state index contributed by atoms with van der Waals surface area (Å²) >= 11 is 12.3. The molecule has 8 nitrogen and oxygen atoms in total. The van der Waals surface area contributed by atoms with Crippen molar-refractivity contribution in [1.82, 2.24) is 14.8 Å². The highest BCUT2D eigenvalue weighted by atomic mass is 35.5. The average Bonchev–Trinajstić information content (AvgIpc) is 3.30. The minimum Gasteiger partial charge on any atom is -0.340 e. The Balaban J connectivity index is 1.55. The van der Waals surface area contributed by atoms with Crippen molar-refractivity contribution in [3.05, 3.63) is 70.5 Å². The van der Waals surface area contributed by atoms with Crippen molar-refractivity contribution in [3.63, 3.8) is 0 Å². The number of fused-ring (bicyclic) bond motifs is 1. The van der Waals surface area contributed by atoms with E-state index in [1.807, 2.05) is 0 Å². The summed E-state index contributed by atoms with van der Waals surface area (Å²) < 4.78 is 28.8. The highest BCUT2D eigenvalue weighted by molar-refractivity contribution is 7.92. The fourth-order valence-electron chi connectivity index (χ4n) is 3.00. The molecular formula is C19H15Cl2N5O3S. The summed E-state index contributed by atoms with van der Waals surface area (Å²) in [6, 6.07) is 12.3. The first kappa shape index (κ1) is 20.3. The van der Waals surface area contributed by atoms with Crippen molar-refractivity contribution in [3.8, 4) is 0 Å². The molecule has 2 heterocycles. The zero-order chi connectivity index (χ0) is 21.5. The SMILES string of the molecule is Cn1c(C(=O)Nc2ccc(S(=O)(=O)Nc3ccn[nH]3)cc2)cc2c(Cl)cc(Cl)cc21. The molecule has 0 aliphatic rings.